The lowest BCUT2D eigenvalue weighted by Gasteiger charge is -2.52. The van der Waals surface area contributed by atoms with Crippen LogP contribution in [-0.2, 0) is 25.6 Å². The summed E-state index contributed by atoms with van der Waals surface area (Å²) in [6.07, 6.45) is 7.22. The molecule has 218 valence electrons. The van der Waals surface area contributed by atoms with Gasteiger partial charge in [-0.3, -0.25) is 24.0 Å². The molecule has 0 bridgehead atoms. The largest absolute Gasteiger partial charge is 0.507 e. The first kappa shape index (κ1) is 29.1. The van der Waals surface area contributed by atoms with E-state index in [2.05, 4.69) is 26.8 Å². The Hall–Kier alpha value is -3.39. The molecule has 1 aromatic carbocycles. The number of Topliss-reactive ketones (excluding diaryl/α,β-unsaturated/α-hetero) is 4. The zero-order valence-corrected chi connectivity index (χ0v) is 24.3. The molecule has 2 unspecified atom stereocenters. The molecule has 0 heterocycles. The zero-order chi connectivity index (χ0) is 30.2. The molecule has 0 spiro atoms. The van der Waals surface area contributed by atoms with E-state index in [1.54, 1.807) is 19.9 Å². The van der Waals surface area contributed by atoms with Gasteiger partial charge in [-0.2, -0.15) is 0 Å². The Morgan fingerprint density at radius 2 is 1.78 bits per heavy atom. The highest BCUT2D eigenvalue weighted by atomic mass is 16.3. The predicted octanol–water partition coefficient (Wildman–Crippen LogP) is 3.75. The molecule has 0 radical (unpaired) electrons. The van der Waals surface area contributed by atoms with Crippen LogP contribution >= 0.6 is 0 Å². The Bertz CT molecular complexity index is 1440. The van der Waals surface area contributed by atoms with Gasteiger partial charge in [0.1, 0.15) is 5.75 Å². The van der Waals surface area contributed by atoms with Crippen molar-refractivity contribution in [2.24, 2.45) is 46.7 Å². The number of benzene rings is 1. The second-order valence-electron chi connectivity index (χ2n) is 13.9. The molecule has 2 fully saturated rings. The highest BCUT2D eigenvalue weighted by Crippen LogP contribution is 2.53. The molecule has 5 rings (SSSR count). The van der Waals surface area contributed by atoms with Crippen molar-refractivity contribution in [2.45, 2.75) is 72.3 Å². The van der Waals surface area contributed by atoms with Gasteiger partial charge >= 0.3 is 0 Å². The summed E-state index contributed by atoms with van der Waals surface area (Å²) >= 11 is 0. The molecule has 0 aliphatic heterocycles. The van der Waals surface area contributed by atoms with E-state index >= 15 is 0 Å². The van der Waals surface area contributed by atoms with Crippen LogP contribution in [0, 0.1) is 40.9 Å². The number of hydrogen-bond donors (Lipinski definition) is 3. The fourth-order valence-electron chi connectivity index (χ4n) is 7.63. The third kappa shape index (κ3) is 4.51. The molecule has 6 atom stereocenters. The molecule has 4 aliphatic rings. The number of ketones is 4. The summed E-state index contributed by atoms with van der Waals surface area (Å²) in [6.45, 7) is 10.1. The van der Waals surface area contributed by atoms with E-state index < -0.39 is 64.2 Å². The van der Waals surface area contributed by atoms with Gasteiger partial charge in [0.25, 0.3) is 0 Å². The highest BCUT2D eigenvalue weighted by molar-refractivity contribution is 6.32. The maximum absolute atomic E-state index is 14.0. The zero-order valence-electron chi connectivity index (χ0n) is 24.3. The van der Waals surface area contributed by atoms with Gasteiger partial charge in [-0.05, 0) is 72.1 Å². The van der Waals surface area contributed by atoms with Crippen molar-refractivity contribution >= 4 is 34.6 Å². The first-order valence-electron chi connectivity index (χ1n) is 14.5. The van der Waals surface area contributed by atoms with Gasteiger partial charge in [-0.1, -0.05) is 58.4 Å². The van der Waals surface area contributed by atoms with Crippen LogP contribution in [0.15, 0.2) is 29.9 Å². The number of carbonyl (C=O) groups is 5. The Morgan fingerprint density at radius 3 is 2.39 bits per heavy atom. The summed E-state index contributed by atoms with van der Waals surface area (Å²) in [5, 5.41) is 22.5. The first-order chi connectivity index (χ1) is 19.1. The fourth-order valence-corrected chi connectivity index (χ4v) is 7.63. The number of aliphatic hydroxyl groups is 1. The fraction of sp³-hybridized carbons (Fsp3) is 0.545. The van der Waals surface area contributed by atoms with Crippen LogP contribution in [0.25, 0.3) is 5.57 Å². The molecule has 0 saturated heterocycles. The second kappa shape index (κ2) is 9.86. The lowest BCUT2D eigenvalue weighted by molar-refractivity contribution is -0.182. The van der Waals surface area contributed by atoms with Crippen LogP contribution in [0.4, 0.5) is 0 Å². The lowest BCUT2D eigenvalue weighted by Crippen LogP contribution is -2.71. The van der Waals surface area contributed by atoms with Crippen LogP contribution in [0.5, 0.6) is 5.75 Å². The van der Waals surface area contributed by atoms with Crippen LogP contribution in [0.2, 0.25) is 0 Å². The number of nitrogens with two attached hydrogens (primary N) is 1. The Labute approximate surface area is 240 Å². The van der Waals surface area contributed by atoms with Gasteiger partial charge in [0.05, 0.1) is 11.5 Å². The summed E-state index contributed by atoms with van der Waals surface area (Å²) in [6, 6.07) is 3.25. The van der Waals surface area contributed by atoms with Gasteiger partial charge in [0, 0.05) is 11.8 Å². The average Bonchev–Trinajstić information content (AvgIpc) is 3.33. The van der Waals surface area contributed by atoms with E-state index in [0.29, 0.717) is 5.56 Å². The van der Waals surface area contributed by atoms with Gasteiger partial charge in [0.2, 0.25) is 5.91 Å². The van der Waals surface area contributed by atoms with E-state index in [1.165, 1.54) is 11.6 Å². The Kier molecular flexibility index (Phi) is 7.00. The third-order valence-electron chi connectivity index (χ3n) is 9.68. The molecule has 1 amide bonds. The molecule has 0 aromatic heterocycles. The van der Waals surface area contributed by atoms with Crippen molar-refractivity contribution in [3.8, 4) is 5.75 Å². The Morgan fingerprint density at radius 1 is 1.10 bits per heavy atom. The predicted molar refractivity (Wildman–Crippen MR) is 152 cm³/mol. The normalized spacial score (nSPS) is 31.4. The number of aromatic hydroxyl groups is 1. The van der Waals surface area contributed by atoms with E-state index in [1.807, 2.05) is 6.08 Å². The highest BCUT2D eigenvalue weighted by Gasteiger charge is 2.69. The number of carbonyl (C=O) groups excluding carboxylic acids is 5. The summed E-state index contributed by atoms with van der Waals surface area (Å²) < 4.78 is 0. The molecule has 41 heavy (non-hydrogen) atoms. The molecule has 8 nitrogen and oxygen atoms in total. The van der Waals surface area contributed by atoms with Crippen molar-refractivity contribution in [1.29, 1.82) is 0 Å². The maximum atomic E-state index is 14.0. The van der Waals surface area contributed by atoms with E-state index in [4.69, 9.17) is 5.73 Å². The molecule has 2 saturated carbocycles. The van der Waals surface area contributed by atoms with E-state index in [-0.39, 0.29) is 35.5 Å². The number of rotatable bonds is 5. The molecule has 1 aromatic rings. The van der Waals surface area contributed by atoms with Crippen molar-refractivity contribution in [3.63, 3.8) is 0 Å². The van der Waals surface area contributed by atoms with Crippen molar-refractivity contribution in [1.82, 2.24) is 0 Å². The summed E-state index contributed by atoms with van der Waals surface area (Å²) in [4.78, 5) is 66.8. The second-order valence-corrected chi connectivity index (χ2v) is 13.9. The average molecular weight is 562 g/mol. The molecule has 8 heteroatoms. The quantitative estimate of drug-likeness (QED) is 0.463. The topological polar surface area (TPSA) is 152 Å². The molecule has 4 aliphatic carbocycles. The standard InChI is InChI=1S/C33H39NO7/c1-15(2)23-21-14-18-13-20-19(17-7-6-16(12-17)10-11-32(3,4)5)8-9-22(35)25(20)28(37)24(18)29(38)33(21,41)30(39)26(27(23)36)31(34)40/h6-9,15,18,21,23-24,26,35,41H,10-14H2,1-5H3,(H2,34,40)/t18-,21-,23-,24?,26?,33-/m0/s1. The number of allylic oxidation sites excluding steroid dienone is 4. The number of fused-ring (bicyclic) bond motifs is 3. The first-order valence-corrected chi connectivity index (χ1v) is 14.5. The Balaban J connectivity index is 1.53. The van der Waals surface area contributed by atoms with Crippen LogP contribution in [0.1, 0.15) is 81.8 Å². The van der Waals surface area contributed by atoms with Crippen LogP contribution in [0.3, 0.4) is 0 Å². The number of phenolic OH excluding ortho intramolecular Hbond substituents is 1. The minimum atomic E-state index is -2.68. The van der Waals surface area contributed by atoms with Gasteiger partial charge in [-0.25, -0.2) is 0 Å². The monoisotopic (exact) mass is 561 g/mol. The molecule has 4 N–H and O–H groups in total. The summed E-state index contributed by atoms with van der Waals surface area (Å²) in [5.41, 5.74) is 6.76. The van der Waals surface area contributed by atoms with E-state index in [9.17, 15) is 34.2 Å². The number of hydrogen-bond acceptors (Lipinski definition) is 7. The number of phenols is 1. The van der Waals surface area contributed by atoms with Crippen LogP contribution in [-0.4, -0.2) is 44.9 Å². The third-order valence-corrected chi connectivity index (χ3v) is 9.68. The number of amides is 1. The lowest BCUT2D eigenvalue weighted by atomic mass is 9.49. The van der Waals surface area contributed by atoms with Gasteiger partial charge < -0.3 is 15.9 Å². The van der Waals surface area contributed by atoms with Crippen LogP contribution < -0.4 is 5.73 Å². The van der Waals surface area contributed by atoms with Crippen molar-refractivity contribution < 1.29 is 34.2 Å². The minimum absolute atomic E-state index is 0.0365. The number of primary amides is 1. The van der Waals surface area contributed by atoms with Gasteiger partial charge in [-0.15, -0.1) is 0 Å². The minimum Gasteiger partial charge on any atom is -0.507 e. The van der Waals surface area contributed by atoms with E-state index in [0.717, 1.165) is 30.4 Å². The van der Waals surface area contributed by atoms with Crippen molar-refractivity contribution in [3.05, 3.63) is 46.5 Å². The summed E-state index contributed by atoms with van der Waals surface area (Å²) in [5.74, 6) is -11.3. The van der Waals surface area contributed by atoms with Gasteiger partial charge in [0.15, 0.2) is 34.7 Å². The van der Waals surface area contributed by atoms with Crippen molar-refractivity contribution in [2.75, 3.05) is 0 Å². The SMILES string of the molecule is CC(C)[C@@H]1C(=O)C(C(N)=O)C(=O)[C@@]2(O)C(=O)C3C(=O)c4c(O)ccc(C5=CC=C(CCC(C)(C)C)C5)c4C[C@H]3C[C@@H]12. The maximum Gasteiger partial charge on any atom is 0.235 e. The smallest absolute Gasteiger partial charge is 0.235 e. The molecular formula is C33H39NO7. The summed E-state index contributed by atoms with van der Waals surface area (Å²) in [7, 11) is 0. The molecular weight excluding hydrogens is 522 g/mol.